The zero-order valence-corrected chi connectivity index (χ0v) is 16.1. The van der Waals surface area contributed by atoms with Crippen LogP contribution in [0.2, 0.25) is 0 Å². The molecule has 0 aliphatic heterocycles. The molecule has 0 radical (unpaired) electrons. The molecule has 0 aliphatic rings. The third kappa shape index (κ3) is 5.61. The molecule has 1 amide bonds. The van der Waals surface area contributed by atoms with Crippen LogP contribution in [0.5, 0.6) is 11.5 Å². The Morgan fingerprint density at radius 1 is 1.19 bits per heavy atom. The molecule has 5 nitrogen and oxygen atoms in total. The number of nitrogens with one attached hydrogen (secondary N) is 1. The van der Waals surface area contributed by atoms with Gasteiger partial charge in [-0.2, -0.15) is 5.26 Å². The molecule has 0 fully saturated rings. The van der Waals surface area contributed by atoms with E-state index in [2.05, 4.69) is 12.2 Å². The maximum Gasteiger partial charge on any atom is 0.266 e. The van der Waals surface area contributed by atoms with E-state index in [4.69, 9.17) is 9.47 Å². The number of carbonyl (C=O) groups is 1. The van der Waals surface area contributed by atoms with E-state index in [-0.39, 0.29) is 11.7 Å². The average molecular weight is 364 g/mol. The van der Waals surface area contributed by atoms with E-state index in [9.17, 15) is 10.1 Å². The highest BCUT2D eigenvalue weighted by Crippen LogP contribution is 2.29. The summed E-state index contributed by atoms with van der Waals surface area (Å²) < 4.78 is 11.0. The van der Waals surface area contributed by atoms with Gasteiger partial charge in [0.1, 0.15) is 11.6 Å². The summed E-state index contributed by atoms with van der Waals surface area (Å²) in [7, 11) is 1.55. The standard InChI is InChI=1S/C22H24N2O3/c1-5-16-6-9-19(10-7-16)24-22(25)18(14-23)12-17-8-11-20(27-15(2)3)21(13-17)26-4/h6-13,15H,5H2,1-4H3,(H,24,25)/b18-12+. The topological polar surface area (TPSA) is 71.4 Å². The lowest BCUT2D eigenvalue weighted by Gasteiger charge is -2.14. The predicted molar refractivity (Wildman–Crippen MR) is 107 cm³/mol. The number of aryl methyl sites for hydroxylation is 1. The van der Waals surface area contributed by atoms with Crippen LogP contribution in [0.1, 0.15) is 31.9 Å². The van der Waals surface area contributed by atoms with Crippen molar-refractivity contribution in [2.45, 2.75) is 33.3 Å². The van der Waals surface area contributed by atoms with Gasteiger partial charge in [0.2, 0.25) is 0 Å². The van der Waals surface area contributed by atoms with Crippen LogP contribution >= 0.6 is 0 Å². The van der Waals surface area contributed by atoms with Gasteiger partial charge in [-0.25, -0.2) is 0 Å². The second-order valence-electron chi connectivity index (χ2n) is 6.25. The van der Waals surface area contributed by atoms with Crippen LogP contribution in [0.3, 0.4) is 0 Å². The number of nitriles is 1. The first-order valence-corrected chi connectivity index (χ1v) is 8.83. The van der Waals surface area contributed by atoms with E-state index in [1.165, 1.54) is 11.6 Å². The van der Waals surface area contributed by atoms with Gasteiger partial charge >= 0.3 is 0 Å². The zero-order valence-electron chi connectivity index (χ0n) is 16.1. The van der Waals surface area contributed by atoms with Gasteiger partial charge in [0.15, 0.2) is 11.5 Å². The molecule has 0 heterocycles. The quantitative estimate of drug-likeness (QED) is 0.576. The first-order valence-electron chi connectivity index (χ1n) is 8.83. The Morgan fingerprint density at radius 2 is 1.89 bits per heavy atom. The normalized spacial score (nSPS) is 11.0. The molecule has 2 aromatic carbocycles. The van der Waals surface area contributed by atoms with Gasteiger partial charge in [-0.3, -0.25) is 4.79 Å². The van der Waals surface area contributed by atoms with Crippen LogP contribution < -0.4 is 14.8 Å². The number of hydrogen-bond donors (Lipinski definition) is 1. The highest BCUT2D eigenvalue weighted by molar-refractivity contribution is 6.09. The van der Waals surface area contributed by atoms with Crippen molar-refractivity contribution in [3.05, 3.63) is 59.2 Å². The number of methoxy groups -OCH3 is 1. The van der Waals surface area contributed by atoms with Crippen molar-refractivity contribution >= 4 is 17.7 Å². The van der Waals surface area contributed by atoms with E-state index in [1.54, 1.807) is 25.3 Å². The Bertz CT molecular complexity index is 862. The van der Waals surface area contributed by atoms with E-state index in [0.29, 0.717) is 22.7 Å². The largest absolute Gasteiger partial charge is 0.493 e. The summed E-state index contributed by atoms with van der Waals surface area (Å²) in [6, 6.07) is 14.8. The van der Waals surface area contributed by atoms with Gasteiger partial charge < -0.3 is 14.8 Å². The number of amides is 1. The molecule has 0 aromatic heterocycles. The third-order valence-electron chi connectivity index (χ3n) is 3.85. The molecule has 5 heteroatoms. The van der Waals surface area contributed by atoms with E-state index in [0.717, 1.165) is 6.42 Å². The van der Waals surface area contributed by atoms with Crippen molar-refractivity contribution in [1.82, 2.24) is 0 Å². The zero-order chi connectivity index (χ0) is 19.8. The van der Waals surface area contributed by atoms with Crippen molar-refractivity contribution < 1.29 is 14.3 Å². The second-order valence-corrected chi connectivity index (χ2v) is 6.25. The Labute approximate surface area is 160 Å². The minimum Gasteiger partial charge on any atom is -0.493 e. The molecule has 0 bridgehead atoms. The van der Waals surface area contributed by atoms with Gasteiger partial charge in [0, 0.05) is 5.69 Å². The fourth-order valence-corrected chi connectivity index (χ4v) is 2.46. The van der Waals surface area contributed by atoms with Crippen LogP contribution in [-0.2, 0) is 11.2 Å². The van der Waals surface area contributed by atoms with Gasteiger partial charge in [-0.15, -0.1) is 0 Å². The van der Waals surface area contributed by atoms with Crippen molar-refractivity contribution in [3.63, 3.8) is 0 Å². The molecule has 27 heavy (non-hydrogen) atoms. The highest BCUT2D eigenvalue weighted by atomic mass is 16.5. The van der Waals surface area contributed by atoms with Crippen molar-refractivity contribution in [1.29, 1.82) is 5.26 Å². The number of benzene rings is 2. The van der Waals surface area contributed by atoms with Crippen molar-refractivity contribution in [3.8, 4) is 17.6 Å². The number of ether oxygens (including phenoxy) is 2. The summed E-state index contributed by atoms with van der Waals surface area (Å²) in [6.07, 6.45) is 2.47. The average Bonchev–Trinajstić information content (AvgIpc) is 2.67. The number of nitrogens with zero attached hydrogens (tertiary/aromatic N) is 1. The van der Waals surface area contributed by atoms with Crippen LogP contribution in [0.15, 0.2) is 48.0 Å². The predicted octanol–water partition coefficient (Wildman–Crippen LogP) is 4.59. The summed E-state index contributed by atoms with van der Waals surface area (Å²) in [5, 5.41) is 12.1. The molecule has 0 spiro atoms. The third-order valence-corrected chi connectivity index (χ3v) is 3.85. The molecule has 0 unspecified atom stereocenters. The first-order chi connectivity index (χ1) is 13.0. The van der Waals surface area contributed by atoms with Crippen molar-refractivity contribution in [2.75, 3.05) is 12.4 Å². The second kappa shape index (κ2) is 9.44. The molecule has 0 aliphatic carbocycles. The molecule has 0 saturated carbocycles. The van der Waals surface area contributed by atoms with Crippen molar-refractivity contribution in [2.24, 2.45) is 0 Å². The monoisotopic (exact) mass is 364 g/mol. The Balaban J connectivity index is 2.21. The van der Waals surface area contributed by atoms with Crippen LogP contribution in [-0.4, -0.2) is 19.1 Å². The molecular weight excluding hydrogens is 340 g/mol. The van der Waals surface area contributed by atoms with E-state index < -0.39 is 5.91 Å². The van der Waals surface area contributed by atoms with E-state index >= 15 is 0 Å². The smallest absolute Gasteiger partial charge is 0.266 e. The maximum atomic E-state index is 12.4. The summed E-state index contributed by atoms with van der Waals surface area (Å²) in [5.41, 5.74) is 2.52. The van der Waals surface area contributed by atoms with Crippen LogP contribution in [0.4, 0.5) is 5.69 Å². The fourth-order valence-electron chi connectivity index (χ4n) is 2.46. The summed E-state index contributed by atoms with van der Waals surface area (Å²) in [4.78, 5) is 12.4. The van der Waals surface area contributed by atoms with Gasteiger partial charge in [0.05, 0.1) is 13.2 Å². The molecule has 1 N–H and O–H groups in total. The number of carbonyl (C=O) groups excluding carboxylic acids is 1. The lowest BCUT2D eigenvalue weighted by molar-refractivity contribution is -0.112. The Morgan fingerprint density at radius 3 is 2.44 bits per heavy atom. The molecule has 0 atom stereocenters. The maximum absolute atomic E-state index is 12.4. The summed E-state index contributed by atoms with van der Waals surface area (Å²) in [6.45, 7) is 5.92. The molecular formula is C22H24N2O3. The van der Waals surface area contributed by atoms with Gasteiger partial charge in [-0.05, 0) is 61.7 Å². The van der Waals surface area contributed by atoms with E-state index in [1.807, 2.05) is 44.2 Å². The highest BCUT2D eigenvalue weighted by Gasteiger charge is 2.12. The number of rotatable bonds is 7. The van der Waals surface area contributed by atoms with Gasteiger partial charge in [0.25, 0.3) is 5.91 Å². The lowest BCUT2D eigenvalue weighted by Crippen LogP contribution is -2.13. The molecule has 2 rings (SSSR count). The lowest BCUT2D eigenvalue weighted by atomic mass is 10.1. The van der Waals surface area contributed by atoms with Gasteiger partial charge in [-0.1, -0.05) is 25.1 Å². The summed E-state index contributed by atoms with van der Waals surface area (Å²) in [5.74, 6) is 0.706. The fraction of sp³-hybridized carbons (Fsp3) is 0.273. The summed E-state index contributed by atoms with van der Waals surface area (Å²) >= 11 is 0. The Kier molecular flexibility index (Phi) is 7.01. The molecule has 2 aromatic rings. The first kappa shape index (κ1) is 20.1. The van der Waals surface area contributed by atoms with Crippen LogP contribution in [0, 0.1) is 11.3 Å². The Hall–Kier alpha value is -3.26. The SMILES string of the molecule is CCc1ccc(NC(=O)/C(C#N)=C/c2ccc(OC(C)C)c(OC)c2)cc1. The van der Waals surface area contributed by atoms with Crippen LogP contribution in [0.25, 0.3) is 6.08 Å². The number of hydrogen-bond acceptors (Lipinski definition) is 4. The molecule has 140 valence electrons. The molecule has 0 saturated heterocycles. The minimum absolute atomic E-state index is 0.00847. The number of anilines is 1. The minimum atomic E-state index is -0.455.